The molecule has 3 aromatic rings. The summed E-state index contributed by atoms with van der Waals surface area (Å²) in [7, 11) is 0. The molecule has 236 valence electrons. The first-order valence-corrected chi connectivity index (χ1v) is 14.4. The Bertz CT molecular complexity index is 1740. The first kappa shape index (κ1) is 34.7. The molecular formula is C38H36O8. The van der Waals surface area contributed by atoms with E-state index in [9.17, 15) is 19.2 Å². The van der Waals surface area contributed by atoms with Crippen LogP contribution in [0.15, 0.2) is 109 Å². The highest BCUT2D eigenvalue weighted by Gasteiger charge is 2.20. The number of benzene rings is 3. The molecule has 0 aromatic heterocycles. The van der Waals surface area contributed by atoms with Crippen molar-refractivity contribution in [2.45, 2.75) is 40.5 Å². The maximum absolute atomic E-state index is 12.9. The molecule has 0 atom stereocenters. The van der Waals surface area contributed by atoms with Crippen LogP contribution in [-0.4, -0.2) is 23.9 Å². The summed E-state index contributed by atoms with van der Waals surface area (Å²) in [6, 6.07) is 16.5. The third kappa shape index (κ3) is 9.37. The van der Waals surface area contributed by atoms with Gasteiger partial charge < -0.3 is 18.9 Å². The minimum absolute atomic E-state index is 0.183. The van der Waals surface area contributed by atoms with Gasteiger partial charge in [0.15, 0.2) is 0 Å². The molecule has 8 heteroatoms. The Morgan fingerprint density at radius 3 is 1.50 bits per heavy atom. The van der Waals surface area contributed by atoms with Gasteiger partial charge in [-0.05, 0) is 74.2 Å². The van der Waals surface area contributed by atoms with Gasteiger partial charge in [0.05, 0.1) is 0 Å². The molecule has 0 bridgehead atoms. The number of carbonyl (C=O) groups excluding carboxylic acids is 4. The van der Waals surface area contributed by atoms with Crippen LogP contribution in [0.2, 0.25) is 0 Å². The lowest BCUT2D eigenvalue weighted by atomic mass is 10.0. The molecule has 0 aliphatic rings. The van der Waals surface area contributed by atoms with Crippen molar-refractivity contribution in [1.82, 2.24) is 0 Å². The maximum Gasteiger partial charge on any atom is 0.338 e. The van der Waals surface area contributed by atoms with Crippen molar-refractivity contribution < 1.29 is 38.1 Å². The predicted octanol–water partition coefficient (Wildman–Crippen LogP) is 8.23. The minimum atomic E-state index is -0.616. The Labute approximate surface area is 268 Å². The van der Waals surface area contributed by atoms with E-state index >= 15 is 0 Å². The standard InChI is InChI=1S/C38H36O8/c1-9-25(7)37(41)45-33-22-32(28-15-19-31(20-16-28)44-36(40)24(5)6)34(46-38(42)26(8)10-2)21-29(33)14-11-27-12-17-30(18-13-27)43-35(39)23(3)4/h11-22H,3,5,7-10H2,1-2,4,6H3/b14-11+. The van der Waals surface area contributed by atoms with E-state index in [0.29, 0.717) is 41.0 Å². The Morgan fingerprint density at radius 1 is 0.587 bits per heavy atom. The van der Waals surface area contributed by atoms with Crippen LogP contribution in [0.3, 0.4) is 0 Å². The van der Waals surface area contributed by atoms with E-state index in [1.165, 1.54) is 0 Å². The largest absolute Gasteiger partial charge is 0.423 e. The van der Waals surface area contributed by atoms with Gasteiger partial charge in [0.25, 0.3) is 0 Å². The molecule has 0 radical (unpaired) electrons. The molecule has 0 saturated carbocycles. The highest BCUT2D eigenvalue weighted by molar-refractivity contribution is 5.93. The molecule has 0 unspecified atom stereocenters. The first-order valence-electron chi connectivity index (χ1n) is 14.4. The fraction of sp³-hybridized carbons (Fsp3) is 0.158. The summed E-state index contributed by atoms with van der Waals surface area (Å²) < 4.78 is 22.1. The summed E-state index contributed by atoms with van der Waals surface area (Å²) in [5.74, 6) is -1.31. The second-order valence-corrected chi connectivity index (χ2v) is 10.3. The van der Waals surface area contributed by atoms with Gasteiger partial charge in [-0.15, -0.1) is 0 Å². The normalized spacial score (nSPS) is 10.5. The monoisotopic (exact) mass is 620 g/mol. The van der Waals surface area contributed by atoms with Gasteiger partial charge in [0, 0.05) is 33.4 Å². The maximum atomic E-state index is 12.9. The number of carbonyl (C=O) groups is 4. The molecular weight excluding hydrogens is 584 g/mol. The van der Waals surface area contributed by atoms with E-state index in [1.54, 1.807) is 101 Å². The van der Waals surface area contributed by atoms with Gasteiger partial charge >= 0.3 is 23.9 Å². The molecule has 0 aliphatic heterocycles. The van der Waals surface area contributed by atoms with Crippen LogP contribution in [0.25, 0.3) is 23.3 Å². The number of hydrogen-bond acceptors (Lipinski definition) is 8. The third-order valence-electron chi connectivity index (χ3n) is 6.57. The van der Waals surface area contributed by atoms with Gasteiger partial charge in [-0.2, -0.15) is 0 Å². The predicted molar refractivity (Wildman–Crippen MR) is 178 cm³/mol. The van der Waals surface area contributed by atoms with Crippen LogP contribution in [0, 0.1) is 0 Å². The Morgan fingerprint density at radius 2 is 1.04 bits per heavy atom. The van der Waals surface area contributed by atoms with E-state index in [1.807, 2.05) is 0 Å². The van der Waals surface area contributed by atoms with Gasteiger partial charge in [-0.3, -0.25) is 0 Å². The Balaban J connectivity index is 2.11. The topological polar surface area (TPSA) is 105 Å². The molecule has 8 nitrogen and oxygen atoms in total. The molecule has 0 amide bonds. The summed E-state index contributed by atoms with van der Waals surface area (Å²) in [4.78, 5) is 49.5. The van der Waals surface area contributed by atoms with E-state index in [2.05, 4.69) is 26.3 Å². The quantitative estimate of drug-likeness (QED) is 0.0815. The lowest BCUT2D eigenvalue weighted by Gasteiger charge is -2.16. The van der Waals surface area contributed by atoms with Crippen molar-refractivity contribution in [2.75, 3.05) is 0 Å². The summed E-state index contributed by atoms with van der Waals surface area (Å²) >= 11 is 0. The molecule has 0 saturated heterocycles. The summed E-state index contributed by atoms with van der Waals surface area (Å²) in [6.45, 7) is 21.4. The molecule has 0 spiro atoms. The molecule has 3 rings (SSSR count). The van der Waals surface area contributed by atoms with Crippen LogP contribution < -0.4 is 18.9 Å². The van der Waals surface area contributed by atoms with Crippen molar-refractivity contribution in [1.29, 1.82) is 0 Å². The van der Waals surface area contributed by atoms with Crippen molar-refractivity contribution in [3.05, 3.63) is 120 Å². The second-order valence-electron chi connectivity index (χ2n) is 10.3. The average Bonchev–Trinajstić information content (AvgIpc) is 3.04. The zero-order valence-electron chi connectivity index (χ0n) is 26.4. The Kier molecular flexibility index (Phi) is 11.9. The van der Waals surface area contributed by atoms with Gasteiger partial charge in [-0.25, -0.2) is 19.2 Å². The van der Waals surface area contributed by atoms with E-state index in [0.717, 1.165) is 5.56 Å². The molecule has 0 aliphatic carbocycles. The lowest BCUT2D eigenvalue weighted by Crippen LogP contribution is -2.13. The highest BCUT2D eigenvalue weighted by atomic mass is 16.5. The summed E-state index contributed by atoms with van der Waals surface area (Å²) in [5.41, 5.74) is 3.26. The van der Waals surface area contributed by atoms with Crippen LogP contribution in [0.5, 0.6) is 23.0 Å². The van der Waals surface area contributed by atoms with Gasteiger partial charge in [0.2, 0.25) is 0 Å². The first-order chi connectivity index (χ1) is 21.8. The van der Waals surface area contributed by atoms with E-state index < -0.39 is 23.9 Å². The number of esters is 4. The van der Waals surface area contributed by atoms with Crippen molar-refractivity contribution in [3.63, 3.8) is 0 Å². The van der Waals surface area contributed by atoms with Crippen LogP contribution in [0.1, 0.15) is 51.7 Å². The summed E-state index contributed by atoms with van der Waals surface area (Å²) in [5, 5.41) is 0. The van der Waals surface area contributed by atoms with Crippen molar-refractivity contribution in [3.8, 4) is 34.1 Å². The van der Waals surface area contributed by atoms with Crippen LogP contribution in [-0.2, 0) is 19.2 Å². The fourth-order valence-corrected chi connectivity index (χ4v) is 3.66. The number of rotatable bonds is 13. The van der Waals surface area contributed by atoms with Crippen LogP contribution >= 0.6 is 0 Å². The third-order valence-corrected chi connectivity index (χ3v) is 6.57. The SMILES string of the molecule is C=C(C)C(=O)Oc1ccc(/C=C/c2cc(OC(=O)C(=C)CC)c(-c3ccc(OC(=O)C(=C)C)cc3)cc2OC(=O)C(=C)CC)cc1. The zero-order valence-corrected chi connectivity index (χ0v) is 26.4. The van der Waals surface area contributed by atoms with E-state index in [-0.39, 0.29) is 33.8 Å². The van der Waals surface area contributed by atoms with Crippen molar-refractivity contribution >= 4 is 36.0 Å². The molecule has 3 aromatic carbocycles. The van der Waals surface area contributed by atoms with Crippen molar-refractivity contribution in [2.24, 2.45) is 0 Å². The smallest absolute Gasteiger partial charge is 0.338 e. The van der Waals surface area contributed by atoms with E-state index in [4.69, 9.17) is 18.9 Å². The minimum Gasteiger partial charge on any atom is -0.423 e. The highest BCUT2D eigenvalue weighted by Crippen LogP contribution is 2.39. The zero-order chi connectivity index (χ0) is 34.0. The molecule has 46 heavy (non-hydrogen) atoms. The lowest BCUT2D eigenvalue weighted by molar-refractivity contribution is -0.131. The fourth-order valence-electron chi connectivity index (χ4n) is 3.66. The number of ether oxygens (including phenoxy) is 4. The van der Waals surface area contributed by atoms with Gasteiger partial charge in [0.1, 0.15) is 23.0 Å². The molecule has 0 N–H and O–H groups in total. The number of hydrogen-bond donors (Lipinski definition) is 0. The average molecular weight is 621 g/mol. The van der Waals surface area contributed by atoms with Crippen LogP contribution in [0.4, 0.5) is 0 Å². The Hall–Kier alpha value is -5.76. The van der Waals surface area contributed by atoms with Gasteiger partial charge in [-0.1, -0.05) is 76.6 Å². The molecule has 0 fully saturated rings. The second kappa shape index (κ2) is 15.8. The molecule has 0 heterocycles. The summed E-state index contributed by atoms with van der Waals surface area (Å²) in [6.07, 6.45) is 4.23.